The first-order valence-electron chi connectivity index (χ1n) is 6.98. The third-order valence-electron chi connectivity index (χ3n) is 2.84. The van der Waals surface area contributed by atoms with Crippen LogP contribution in [0.4, 0.5) is 5.69 Å². The second-order valence-corrected chi connectivity index (χ2v) is 6.52. The first-order chi connectivity index (χ1) is 11.4. The Hall–Kier alpha value is -2.87. The molecule has 7 nitrogen and oxygen atoms in total. The normalized spacial score (nSPS) is 10.7. The fraction of sp³-hybridized carbons (Fsp3) is 0.125. The molecule has 0 spiro atoms. The maximum Gasteiger partial charge on any atom is 0.264 e. The zero-order chi connectivity index (χ0) is 17.6. The number of amides is 2. The number of hydrogen-bond acceptors (Lipinski definition) is 5. The van der Waals surface area contributed by atoms with Crippen LogP contribution in [0.25, 0.3) is 0 Å². The average Bonchev–Trinajstić information content (AvgIpc) is 2.53. The van der Waals surface area contributed by atoms with E-state index in [1.807, 2.05) is 10.8 Å². The molecular formula is C16H16N2O5S. The van der Waals surface area contributed by atoms with E-state index in [1.54, 1.807) is 24.3 Å². The van der Waals surface area contributed by atoms with E-state index in [1.165, 1.54) is 24.3 Å². The summed E-state index contributed by atoms with van der Waals surface area (Å²) in [5.41, 5.74) is 0.415. The van der Waals surface area contributed by atoms with E-state index in [9.17, 15) is 18.0 Å². The number of para-hydroxylation sites is 1. The highest BCUT2D eigenvalue weighted by Crippen LogP contribution is 2.14. The maximum atomic E-state index is 11.8. The Labute approximate surface area is 139 Å². The van der Waals surface area contributed by atoms with Gasteiger partial charge in [0.25, 0.3) is 15.9 Å². The van der Waals surface area contributed by atoms with Gasteiger partial charge in [-0.1, -0.05) is 18.2 Å². The fourth-order valence-corrected chi connectivity index (χ4v) is 2.82. The number of anilines is 1. The number of carbonyl (C=O) groups excluding carboxylic acids is 2. The number of carbonyl (C=O) groups is 2. The van der Waals surface area contributed by atoms with Gasteiger partial charge >= 0.3 is 0 Å². The summed E-state index contributed by atoms with van der Waals surface area (Å²) in [6.45, 7) is 0.939. The summed E-state index contributed by atoms with van der Waals surface area (Å²) >= 11 is 0. The Balaban J connectivity index is 1.94. The molecule has 2 aromatic rings. The lowest BCUT2D eigenvalue weighted by Gasteiger charge is -2.08. The van der Waals surface area contributed by atoms with Crippen LogP contribution in [-0.4, -0.2) is 26.8 Å². The number of nitrogens with one attached hydrogen (secondary N) is 2. The second kappa shape index (κ2) is 7.60. The first-order valence-corrected chi connectivity index (χ1v) is 8.46. The summed E-state index contributed by atoms with van der Waals surface area (Å²) in [5.74, 6) is -0.480. The van der Waals surface area contributed by atoms with Crippen molar-refractivity contribution >= 4 is 27.5 Å². The molecule has 0 bridgehead atoms. The lowest BCUT2D eigenvalue weighted by atomic mass is 10.3. The van der Waals surface area contributed by atoms with Crippen molar-refractivity contribution in [1.82, 2.24) is 4.72 Å². The Bertz CT molecular complexity index is 817. The quantitative estimate of drug-likeness (QED) is 0.824. The van der Waals surface area contributed by atoms with Crippen LogP contribution >= 0.6 is 0 Å². The topological polar surface area (TPSA) is 102 Å². The first kappa shape index (κ1) is 17.5. The van der Waals surface area contributed by atoms with Crippen molar-refractivity contribution in [3.63, 3.8) is 0 Å². The minimum atomic E-state index is -3.89. The van der Waals surface area contributed by atoms with Crippen LogP contribution in [-0.2, 0) is 19.6 Å². The molecule has 2 N–H and O–H groups in total. The van der Waals surface area contributed by atoms with Crippen LogP contribution in [0.5, 0.6) is 5.75 Å². The van der Waals surface area contributed by atoms with Gasteiger partial charge in [-0.3, -0.25) is 9.59 Å². The molecule has 2 rings (SSSR count). The maximum absolute atomic E-state index is 11.8. The number of ether oxygens (including phenoxy) is 1. The molecule has 0 aromatic heterocycles. The summed E-state index contributed by atoms with van der Waals surface area (Å²) in [6, 6.07) is 14.3. The van der Waals surface area contributed by atoms with E-state index < -0.39 is 15.9 Å². The number of rotatable bonds is 6. The summed E-state index contributed by atoms with van der Waals surface area (Å²) in [4.78, 5) is 22.6. The zero-order valence-electron chi connectivity index (χ0n) is 12.9. The summed E-state index contributed by atoms with van der Waals surface area (Å²) in [7, 11) is -3.89. The second-order valence-electron chi connectivity index (χ2n) is 4.84. The van der Waals surface area contributed by atoms with Crippen molar-refractivity contribution in [2.75, 3.05) is 11.9 Å². The zero-order valence-corrected chi connectivity index (χ0v) is 13.7. The minimum Gasteiger partial charge on any atom is -0.484 e. The van der Waals surface area contributed by atoms with Gasteiger partial charge in [-0.25, -0.2) is 13.1 Å². The molecule has 24 heavy (non-hydrogen) atoms. The third-order valence-corrected chi connectivity index (χ3v) is 4.29. The van der Waals surface area contributed by atoms with Gasteiger partial charge in [0.05, 0.1) is 4.90 Å². The smallest absolute Gasteiger partial charge is 0.264 e. The van der Waals surface area contributed by atoms with Crippen LogP contribution in [0, 0.1) is 0 Å². The van der Waals surface area contributed by atoms with Gasteiger partial charge in [0.1, 0.15) is 5.75 Å². The molecule has 0 radical (unpaired) electrons. The molecule has 0 fully saturated rings. The van der Waals surface area contributed by atoms with E-state index in [4.69, 9.17) is 4.74 Å². The molecule has 8 heteroatoms. The fourth-order valence-electron chi connectivity index (χ4n) is 1.83. The van der Waals surface area contributed by atoms with Crippen molar-refractivity contribution in [1.29, 1.82) is 0 Å². The van der Waals surface area contributed by atoms with Crippen molar-refractivity contribution in [2.24, 2.45) is 0 Å². The van der Waals surface area contributed by atoms with Gasteiger partial charge in [-0.15, -0.1) is 0 Å². The molecule has 0 saturated carbocycles. The van der Waals surface area contributed by atoms with Gasteiger partial charge in [-0.05, 0) is 36.4 Å². The molecule has 0 aliphatic carbocycles. The van der Waals surface area contributed by atoms with E-state index in [-0.39, 0.29) is 17.4 Å². The Morgan fingerprint density at radius 1 is 1.00 bits per heavy atom. The molecule has 0 heterocycles. The van der Waals surface area contributed by atoms with Crippen LogP contribution in [0.2, 0.25) is 0 Å². The van der Waals surface area contributed by atoms with Crippen LogP contribution < -0.4 is 14.8 Å². The number of sulfonamides is 1. The average molecular weight is 348 g/mol. The Morgan fingerprint density at radius 2 is 1.62 bits per heavy atom. The van der Waals surface area contributed by atoms with Crippen molar-refractivity contribution in [3.05, 3.63) is 54.6 Å². The van der Waals surface area contributed by atoms with Gasteiger partial charge < -0.3 is 10.1 Å². The predicted molar refractivity (Wildman–Crippen MR) is 88.0 cm³/mol. The molecule has 0 aliphatic heterocycles. The minimum absolute atomic E-state index is 0.0729. The van der Waals surface area contributed by atoms with Crippen LogP contribution in [0.1, 0.15) is 6.92 Å². The van der Waals surface area contributed by atoms with E-state index in [0.717, 1.165) is 6.92 Å². The predicted octanol–water partition coefficient (Wildman–Crippen LogP) is 1.53. The third kappa shape index (κ3) is 5.10. The van der Waals surface area contributed by atoms with Crippen molar-refractivity contribution in [2.45, 2.75) is 11.8 Å². The molecule has 126 valence electrons. The van der Waals surface area contributed by atoms with E-state index >= 15 is 0 Å². The number of benzene rings is 2. The Kier molecular flexibility index (Phi) is 5.54. The summed E-state index contributed by atoms with van der Waals surface area (Å²) in [6.07, 6.45) is 0. The molecule has 0 aliphatic rings. The largest absolute Gasteiger partial charge is 0.484 e. The molecule has 0 atom stereocenters. The molecular weight excluding hydrogens is 332 g/mol. The van der Waals surface area contributed by atoms with Crippen molar-refractivity contribution in [3.8, 4) is 5.75 Å². The lowest BCUT2D eigenvalue weighted by Crippen LogP contribution is -2.28. The lowest BCUT2D eigenvalue weighted by molar-refractivity contribution is -0.118. The van der Waals surface area contributed by atoms with E-state index in [2.05, 4.69) is 5.32 Å². The highest BCUT2D eigenvalue weighted by Gasteiger charge is 2.15. The molecule has 2 aromatic carbocycles. The van der Waals surface area contributed by atoms with Gasteiger partial charge in [0.2, 0.25) is 5.91 Å². The SMILES string of the molecule is CC(=O)NS(=O)(=O)c1ccc(NC(=O)COc2ccccc2)cc1. The highest BCUT2D eigenvalue weighted by atomic mass is 32.2. The number of hydrogen-bond donors (Lipinski definition) is 2. The van der Waals surface area contributed by atoms with Gasteiger partial charge in [0, 0.05) is 12.6 Å². The monoisotopic (exact) mass is 348 g/mol. The Morgan fingerprint density at radius 3 is 2.21 bits per heavy atom. The van der Waals surface area contributed by atoms with E-state index in [0.29, 0.717) is 11.4 Å². The summed E-state index contributed by atoms with van der Waals surface area (Å²) < 4.78 is 30.8. The van der Waals surface area contributed by atoms with Gasteiger partial charge in [-0.2, -0.15) is 0 Å². The van der Waals surface area contributed by atoms with Gasteiger partial charge in [0.15, 0.2) is 6.61 Å². The molecule has 0 unspecified atom stereocenters. The molecule has 2 amide bonds. The van der Waals surface area contributed by atoms with Crippen LogP contribution in [0.3, 0.4) is 0 Å². The highest BCUT2D eigenvalue weighted by molar-refractivity contribution is 7.90. The van der Waals surface area contributed by atoms with Crippen molar-refractivity contribution < 1.29 is 22.7 Å². The van der Waals surface area contributed by atoms with Crippen LogP contribution in [0.15, 0.2) is 59.5 Å². The summed E-state index contributed by atoms with van der Waals surface area (Å²) in [5, 5.41) is 2.59. The molecule has 0 saturated heterocycles. The standard InChI is InChI=1S/C16H16N2O5S/c1-12(19)18-24(21,22)15-9-7-13(8-10-15)17-16(20)11-23-14-5-3-2-4-6-14/h2-10H,11H2,1H3,(H,17,20)(H,18,19).